The lowest BCUT2D eigenvalue weighted by molar-refractivity contribution is 0.0946. The fourth-order valence-electron chi connectivity index (χ4n) is 3.24. The van der Waals surface area contributed by atoms with Gasteiger partial charge in [0.25, 0.3) is 5.91 Å². The Balaban J connectivity index is 1.41. The van der Waals surface area contributed by atoms with E-state index >= 15 is 0 Å². The lowest BCUT2D eigenvalue weighted by Crippen LogP contribution is -2.35. The number of amides is 1. The Bertz CT molecular complexity index is 948. The van der Waals surface area contributed by atoms with Gasteiger partial charge in [0.2, 0.25) is 16.8 Å². The first-order valence-electron chi connectivity index (χ1n) is 8.89. The van der Waals surface area contributed by atoms with Gasteiger partial charge >= 0.3 is 0 Å². The third-order valence-electron chi connectivity index (χ3n) is 4.74. The molecule has 2 N–H and O–H groups in total. The van der Waals surface area contributed by atoms with Crippen molar-refractivity contribution in [3.63, 3.8) is 0 Å². The number of aromatic amines is 1. The molecule has 1 fully saturated rings. The number of benzene rings is 1. The maximum absolute atomic E-state index is 12.7. The number of ether oxygens (including phenoxy) is 2. The lowest BCUT2D eigenvalue weighted by atomic mass is 10.2. The fourth-order valence-corrected chi connectivity index (χ4v) is 4.75. The minimum atomic E-state index is -3.56. The molecule has 1 saturated heterocycles. The van der Waals surface area contributed by atoms with Gasteiger partial charge in [0.15, 0.2) is 11.5 Å². The molecule has 2 aromatic rings. The van der Waals surface area contributed by atoms with Crippen LogP contribution in [0.15, 0.2) is 35.4 Å². The molecular weight excluding hydrogens is 370 g/mol. The normalized spacial score (nSPS) is 17.0. The molecule has 0 atom stereocenters. The molecule has 9 heteroatoms. The monoisotopic (exact) mass is 391 g/mol. The summed E-state index contributed by atoms with van der Waals surface area (Å²) in [4.78, 5) is 15.3. The molecule has 0 aliphatic carbocycles. The summed E-state index contributed by atoms with van der Waals surface area (Å²) in [6.07, 6.45) is 4.16. The fraction of sp³-hybridized carbons (Fsp3) is 0.389. The van der Waals surface area contributed by atoms with E-state index < -0.39 is 10.0 Å². The van der Waals surface area contributed by atoms with Gasteiger partial charge in [-0.05, 0) is 36.6 Å². The topological polar surface area (TPSA) is 101 Å². The predicted molar refractivity (Wildman–Crippen MR) is 97.1 cm³/mol. The van der Waals surface area contributed by atoms with Crippen molar-refractivity contribution in [3.05, 3.63) is 41.7 Å². The van der Waals surface area contributed by atoms with E-state index in [0.29, 0.717) is 31.1 Å². The van der Waals surface area contributed by atoms with Crippen LogP contribution in [0.25, 0.3) is 0 Å². The van der Waals surface area contributed by atoms with Crippen LogP contribution in [0, 0.1) is 0 Å². The van der Waals surface area contributed by atoms with Crippen LogP contribution in [0.1, 0.15) is 35.3 Å². The molecule has 0 spiro atoms. The van der Waals surface area contributed by atoms with E-state index in [0.717, 1.165) is 24.8 Å². The summed E-state index contributed by atoms with van der Waals surface area (Å²) in [6.45, 7) is 1.54. The number of aromatic nitrogens is 1. The molecule has 3 heterocycles. The van der Waals surface area contributed by atoms with E-state index in [1.54, 1.807) is 6.07 Å². The van der Waals surface area contributed by atoms with Crippen molar-refractivity contribution in [2.45, 2.75) is 30.7 Å². The standard InChI is InChI=1S/C18H21N3O5S/c22-18(20-10-13-4-5-16-17(8-13)26-12-25-16)15-9-14(11-19-15)27(23,24)21-6-2-1-3-7-21/h4-5,8-9,11,19H,1-3,6-7,10,12H2,(H,20,22). The van der Waals surface area contributed by atoms with Crippen molar-refractivity contribution in [3.8, 4) is 11.5 Å². The molecule has 1 aromatic carbocycles. The van der Waals surface area contributed by atoms with E-state index in [9.17, 15) is 13.2 Å². The Morgan fingerprint density at radius 1 is 1.11 bits per heavy atom. The predicted octanol–water partition coefficient (Wildman–Crippen LogP) is 1.85. The molecular formula is C18H21N3O5S. The highest BCUT2D eigenvalue weighted by Crippen LogP contribution is 2.32. The van der Waals surface area contributed by atoms with Gasteiger partial charge in [0.05, 0.1) is 0 Å². The van der Waals surface area contributed by atoms with Crippen LogP contribution < -0.4 is 14.8 Å². The van der Waals surface area contributed by atoms with Crippen LogP contribution in [0.5, 0.6) is 11.5 Å². The third-order valence-corrected chi connectivity index (χ3v) is 6.62. The first-order chi connectivity index (χ1) is 13.0. The number of carbonyl (C=O) groups is 1. The van der Waals surface area contributed by atoms with Gasteiger partial charge in [0, 0.05) is 25.8 Å². The van der Waals surface area contributed by atoms with E-state index in [-0.39, 0.29) is 23.3 Å². The van der Waals surface area contributed by atoms with Gasteiger partial charge in [-0.3, -0.25) is 4.79 Å². The van der Waals surface area contributed by atoms with E-state index in [2.05, 4.69) is 10.3 Å². The summed E-state index contributed by atoms with van der Waals surface area (Å²) in [5.41, 5.74) is 1.08. The minimum absolute atomic E-state index is 0.123. The van der Waals surface area contributed by atoms with Crippen molar-refractivity contribution in [2.24, 2.45) is 0 Å². The second-order valence-corrected chi connectivity index (χ2v) is 8.52. The minimum Gasteiger partial charge on any atom is -0.454 e. The molecule has 4 rings (SSSR count). The zero-order valence-electron chi connectivity index (χ0n) is 14.7. The smallest absolute Gasteiger partial charge is 0.268 e. The second-order valence-electron chi connectivity index (χ2n) is 6.58. The Labute approximate surface area is 157 Å². The highest BCUT2D eigenvalue weighted by atomic mass is 32.2. The zero-order valence-corrected chi connectivity index (χ0v) is 15.5. The average molecular weight is 391 g/mol. The summed E-state index contributed by atoms with van der Waals surface area (Å²) in [5.74, 6) is 0.964. The lowest BCUT2D eigenvalue weighted by Gasteiger charge is -2.25. The molecule has 0 bridgehead atoms. The van der Waals surface area contributed by atoms with Crippen LogP contribution in [0.4, 0.5) is 0 Å². The highest BCUT2D eigenvalue weighted by molar-refractivity contribution is 7.89. The first-order valence-corrected chi connectivity index (χ1v) is 10.3. The summed E-state index contributed by atoms with van der Waals surface area (Å²) in [6, 6.07) is 6.83. The Kier molecular flexibility index (Phi) is 4.79. The van der Waals surface area contributed by atoms with Crippen LogP contribution in [-0.4, -0.2) is 43.5 Å². The Hall–Kier alpha value is -2.52. The number of hydrogen-bond donors (Lipinski definition) is 2. The van der Waals surface area contributed by atoms with Crippen molar-refractivity contribution < 1.29 is 22.7 Å². The van der Waals surface area contributed by atoms with Crippen LogP contribution in [0.2, 0.25) is 0 Å². The van der Waals surface area contributed by atoms with Gasteiger partial charge in [-0.2, -0.15) is 4.31 Å². The van der Waals surface area contributed by atoms with E-state index in [1.165, 1.54) is 16.6 Å². The highest BCUT2D eigenvalue weighted by Gasteiger charge is 2.27. The first kappa shape index (κ1) is 17.9. The van der Waals surface area contributed by atoms with Crippen LogP contribution in [0.3, 0.4) is 0 Å². The number of sulfonamides is 1. The SMILES string of the molecule is O=C(NCc1ccc2c(c1)OCO2)c1cc(S(=O)(=O)N2CCCCC2)c[nH]1. The van der Waals surface area contributed by atoms with Crippen molar-refractivity contribution >= 4 is 15.9 Å². The number of piperidine rings is 1. The van der Waals surface area contributed by atoms with Crippen molar-refractivity contribution in [1.82, 2.24) is 14.6 Å². The average Bonchev–Trinajstić information content (AvgIpc) is 3.36. The zero-order chi connectivity index (χ0) is 18.9. The number of fused-ring (bicyclic) bond motifs is 1. The molecule has 0 saturated carbocycles. The van der Waals surface area contributed by atoms with E-state index in [4.69, 9.17) is 9.47 Å². The van der Waals surface area contributed by atoms with Gasteiger partial charge in [-0.1, -0.05) is 12.5 Å². The molecule has 27 heavy (non-hydrogen) atoms. The Morgan fingerprint density at radius 3 is 2.70 bits per heavy atom. The maximum atomic E-state index is 12.7. The number of rotatable bonds is 5. The molecule has 8 nitrogen and oxygen atoms in total. The molecule has 1 amide bonds. The van der Waals surface area contributed by atoms with Gasteiger partial charge in [-0.25, -0.2) is 8.42 Å². The quantitative estimate of drug-likeness (QED) is 0.810. The second kappa shape index (κ2) is 7.24. The third kappa shape index (κ3) is 3.65. The Morgan fingerprint density at radius 2 is 1.89 bits per heavy atom. The largest absolute Gasteiger partial charge is 0.454 e. The van der Waals surface area contributed by atoms with Crippen LogP contribution in [-0.2, 0) is 16.6 Å². The van der Waals surface area contributed by atoms with E-state index in [1.807, 2.05) is 12.1 Å². The number of nitrogens with zero attached hydrogens (tertiary/aromatic N) is 1. The van der Waals surface area contributed by atoms with Crippen molar-refractivity contribution in [1.29, 1.82) is 0 Å². The van der Waals surface area contributed by atoms with Gasteiger partial charge in [0.1, 0.15) is 10.6 Å². The molecule has 0 unspecified atom stereocenters. The number of carbonyl (C=O) groups excluding carboxylic acids is 1. The summed E-state index contributed by atoms with van der Waals surface area (Å²) >= 11 is 0. The summed E-state index contributed by atoms with van der Waals surface area (Å²) < 4.78 is 37.4. The molecule has 0 radical (unpaired) electrons. The summed E-state index contributed by atoms with van der Waals surface area (Å²) in [5, 5.41) is 2.78. The maximum Gasteiger partial charge on any atom is 0.268 e. The molecule has 144 valence electrons. The molecule has 2 aliphatic heterocycles. The summed E-state index contributed by atoms with van der Waals surface area (Å²) in [7, 11) is -3.56. The van der Waals surface area contributed by atoms with Crippen LogP contribution >= 0.6 is 0 Å². The number of nitrogens with one attached hydrogen (secondary N) is 2. The van der Waals surface area contributed by atoms with Crippen molar-refractivity contribution in [2.75, 3.05) is 19.9 Å². The number of H-pyrrole nitrogens is 1. The molecule has 1 aromatic heterocycles. The van der Waals surface area contributed by atoms with Gasteiger partial charge in [-0.15, -0.1) is 0 Å². The van der Waals surface area contributed by atoms with Gasteiger partial charge < -0.3 is 19.8 Å². The number of hydrogen-bond acceptors (Lipinski definition) is 5. The molecule has 2 aliphatic rings.